The molecule has 0 atom stereocenters. The highest BCUT2D eigenvalue weighted by Crippen LogP contribution is 2.29. The lowest BCUT2D eigenvalue weighted by molar-refractivity contribution is 0.516. The summed E-state index contributed by atoms with van der Waals surface area (Å²) in [5.41, 5.74) is 3.90. The molecule has 0 aliphatic rings. The molecule has 3 aromatic heterocycles. The molecule has 5 aromatic rings. The fourth-order valence-electron chi connectivity index (χ4n) is 3.57. The minimum absolute atomic E-state index is 0.149. The van der Waals surface area contributed by atoms with Crippen LogP contribution in [-0.2, 0) is 6.54 Å². The highest BCUT2D eigenvalue weighted by molar-refractivity contribution is 5.86. The zero-order valence-corrected chi connectivity index (χ0v) is 15.5. The van der Waals surface area contributed by atoms with Gasteiger partial charge in [0.2, 0.25) is 0 Å². The summed E-state index contributed by atoms with van der Waals surface area (Å²) < 4.78 is 29.8. The van der Waals surface area contributed by atoms with E-state index in [1.165, 1.54) is 6.20 Å². The van der Waals surface area contributed by atoms with Gasteiger partial charge in [0.15, 0.2) is 22.9 Å². The zero-order chi connectivity index (χ0) is 20.0. The van der Waals surface area contributed by atoms with Crippen LogP contribution in [0.2, 0.25) is 0 Å². The number of hydrogen-bond acceptors (Lipinski definition) is 4. The number of rotatable bonds is 3. The van der Waals surface area contributed by atoms with E-state index in [0.717, 1.165) is 22.8 Å². The lowest BCUT2D eigenvalue weighted by atomic mass is 10.1. The Hall–Kier alpha value is -3.74. The van der Waals surface area contributed by atoms with Crippen molar-refractivity contribution in [2.24, 2.45) is 0 Å². The van der Waals surface area contributed by atoms with Crippen LogP contribution in [0.15, 0.2) is 61.2 Å². The normalized spacial score (nSPS) is 11.4. The summed E-state index contributed by atoms with van der Waals surface area (Å²) in [5, 5.41) is 0.746. The minimum atomic E-state index is -0.897. The van der Waals surface area contributed by atoms with Crippen molar-refractivity contribution in [1.82, 2.24) is 24.5 Å². The number of aromatic nitrogens is 5. The van der Waals surface area contributed by atoms with Crippen LogP contribution in [-0.4, -0.2) is 24.5 Å². The summed E-state index contributed by atoms with van der Waals surface area (Å²) >= 11 is 0. The van der Waals surface area contributed by atoms with Crippen molar-refractivity contribution in [3.63, 3.8) is 0 Å². The molecule has 0 radical (unpaired) electrons. The fourth-order valence-corrected chi connectivity index (χ4v) is 3.57. The van der Waals surface area contributed by atoms with Gasteiger partial charge in [-0.05, 0) is 29.5 Å². The quantitative estimate of drug-likeness (QED) is 0.451. The van der Waals surface area contributed by atoms with E-state index in [-0.39, 0.29) is 5.39 Å². The van der Waals surface area contributed by atoms with Crippen LogP contribution in [0.4, 0.5) is 8.78 Å². The predicted molar refractivity (Wildman–Crippen MR) is 106 cm³/mol. The molecule has 5 nitrogen and oxygen atoms in total. The third kappa shape index (κ3) is 2.82. The van der Waals surface area contributed by atoms with Crippen LogP contribution in [0.1, 0.15) is 11.1 Å². The topological polar surface area (TPSA) is 56.5 Å². The van der Waals surface area contributed by atoms with E-state index in [2.05, 4.69) is 19.9 Å². The average molecular weight is 387 g/mol. The number of benzene rings is 2. The number of fused-ring (bicyclic) bond motifs is 2. The van der Waals surface area contributed by atoms with E-state index < -0.39 is 11.6 Å². The van der Waals surface area contributed by atoms with Gasteiger partial charge in [0, 0.05) is 35.7 Å². The Labute approximate surface area is 164 Å². The third-order valence-electron chi connectivity index (χ3n) is 5.01. The van der Waals surface area contributed by atoms with Crippen molar-refractivity contribution in [2.75, 3.05) is 0 Å². The molecule has 0 fully saturated rings. The predicted octanol–water partition coefficient (Wildman–Crippen LogP) is 4.68. The Bertz CT molecular complexity index is 1380. The van der Waals surface area contributed by atoms with Gasteiger partial charge in [-0.3, -0.25) is 4.98 Å². The number of imidazole rings is 1. The minimum Gasteiger partial charge on any atom is -0.303 e. The molecule has 0 aliphatic carbocycles. The third-order valence-corrected chi connectivity index (χ3v) is 5.01. The van der Waals surface area contributed by atoms with Crippen LogP contribution in [0, 0.1) is 18.6 Å². The molecular formula is C22H15F2N5. The highest BCUT2D eigenvalue weighted by atomic mass is 19.2. The van der Waals surface area contributed by atoms with Gasteiger partial charge in [-0.15, -0.1) is 0 Å². The smallest absolute Gasteiger partial charge is 0.198 e. The van der Waals surface area contributed by atoms with Crippen molar-refractivity contribution < 1.29 is 8.78 Å². The van der Waals surface area contributed by atoms with Gasteiger partial charge in [-0.1, -0.05) is 30.3 Å². The Morgan fingerprint density at radius 2 is 1.76 bits per heavy atom. The van der Waals surface area contributed by atoms with Gasteiger partial charge in [0.1, 0.15) is 5.82 Å². The number of pyridine rings is 1. The van der Waals surface area contributed by atoms with Crippen molar-refractivity contribution >= 4 is 22.1 Å². The highest BCUT2D eigenvalue weighted by Gasteiger charge is 2.18. The number of halogens is 2. The van der Waals surface area contributed by atoms with Gasteiger partial charge in [-0.2, -0.15) is 0 Å². The molecular weight excluding hydrogens is 372 g/mol. The maximum atomic E-state index is 14.3. The molecule has 0 saturated heterocycles. The lowest BCUT2D eigenvalue weighted by Gasteiger charge is -2.12. The second kappa shape index (κ2) is 6.70. The van der Waals surface area contributed by atoms with Crippen molar-refractivity contribution in [2.45, 2.75) is 13.5 Å². The average Bonchev–Trinajstić information content (AvgIpc) is 3.10. The number of hydrogen-bond donors (Lipinski definition) is 0. The zero-order valence-electron chi connectivity index (χ0n) is 15.5. The Kier molecular flexibility index (Phi) is 4.01. The largest absolute Gasteiger partial charge is 0.303 e. The van der Waals surface area contributed by atoms with Crippen LogP contribution in [0.25, 0.3) is 33.5 Å². The monoisotopic (exact) mass is 387 g/mol. The van der Waals surface area contributed by atoms with Gasteiger partial charge >= 0.3 is 0 Å². The molecule has 0 saturated carbocycles. The van der Waals surface area contributed by atoms with E-state index in [1.807, 2.05) is 35.8 Å². The second-order valence-corrected chi connectivity index (χ2v) is 6.80. The van der Waals surface area contributed by atoms with Crippen LogP contribution < -0.4 is 0 Å². The molecule has 0 amide bonds. The molecule has 0 N–H and O–H groups in total. The van der Waals surface area contributed by atoms with Crippen LogP contribution in [0.5, 0.6) is 0 Å². The molecule has 3 heterocycles. The molecule has 2 aromatic carbocycles. The number of aryl methyl sites for hydroxylation is 1. The maximum Gasteiger partial charge on any atom is 0.198 e. The second-order valence-electron chi connectivity index (χ2n) is 6.80. The van der Waals surface area contributed by atoms with Gasteiger partial charge in [0.05, 0.1) is 6.54 Å². The first-order valence-corrected chi connectivity index (χ1v) is 9.07. The lowest BCUT2D eigenvalue weighted by Crippen LogP contribution is -2.05. The standard InChI is InChI=1S/C22H15F2N5/c1-13-4-2-3-5-15(13)21-28-20-22(27-9-8-26-20)29(21)12-14-10-25-11-17-16(14)6-7-18(23)19(17)24/h2-11H,12H2,1H3. The van der Waals surface area contributed by atoms with Gasteiger partial charge in [-0.25, -0.2) is 23.7 Å². The van der Waals surface area contributed by atoms with E-state index in [1.54, 1.807) is 24.7 Å². The van der Waals surface area contributed by atoms with Crippen LogP contribution >= 0.6 is 0 Å². The van der Waals surface area contributed by atoms with E-state index in [9.17, 15) is 8.78 Å². The summed E-state index contributed by atoms with van der Waals surface area (Å²) in [4.78, 5) is 17.6. The van der Waals surface area contributed by atoms with E-state index in [4.69, 9.17) is 0 Å². The fraction of sp³-hybridized carbons (Fsp3) is 0.0909. The first kappa shape index (κ1) is 17.4. The summed E-state index contributed by atoms with van der Waals surface area (Å²) in [6.45, 7) is 2.35. The molecule has 0 bridgehead atoms. The first-order valence-electron chi connectivity index (χ1n) is 9.07. The SMILES string of the molecule is Cc1ccccc1-c1nc2nccnc2n1Cc1cncc2c(F)c(F)ccc12. The van der Waals surface area contributed by atoms with Crippen molar-refractivity contribution in [1.29, 1.82) is 0 Å². The molecule has 0 aliphatic heterocycles. The Morgan fingerprint density at radius 3 is 2.62 bits per heavy atom. The molecule has 7 heteroatoms. The Morgan fingerprint density at radius 1 is 0.931 bits per heavy atom. The van der Waals surface area contributed by atoms with E-state index >= 15 is 0 Å². The van der Waals surface area contributed by atoms with Crippen LogP contribution in [0.3, 0.4) is 0 Å². The van der Waals surface area contributed by atoms with Crippen molar-refractivity contribution in [3.8, 4) is 11.4 Å². The summed E-state index contributed by atoms with van der Waals surface area (Å²) in [7, 11) is 0. The molecule has 0 unspecified atom stereocenters. The van der Waals surface area contributed by atoms with Crippen molar-refractivity contribution in [3.05, 3.63) is 83.9 Å². The molecule has 0 spiro atoms. The molecule has 142 valence electrons. The first-order chi connectivity index (χ1) is 14.1. The van der Waals surface area contributed by atoms with Gasteiger partial charge in [0.25, 0.3) is 0 Å². The summed E-state index contributed by atoms with van der Waals surface area (Å²) in [6.07, 6.45) is 6.20. The van der Waals surface area contributed by atoms with Gasteiger partial charge < -0.3 is 4.57 Å². The molecule has 5 rings (SSSR count). The Balaban J connectivity index is 1.74. The number of nitrogens with zero attached hydrogens (tertiary/aromatic N) is 5. The van der Waals surface area contributed by atoms with E-state index in [0.29, 0.717) is 29.0 Å². The summed E-state index contributed by atoms with van der Waals surface area (Å²) in [6, 6.07) is 10.6. The summed E-state index contributed by atoms with van der Waals surface area (Å²) in [5.74, 6) is -1.08. The maximum absolute atomic E-state index is 14.3. The molecule has 29 heavy (non-hydrogen) atoms.